The molecule has 0 radical (unpaired) electrons. The summed E-state index contributed by atoms with van der Waals surface area (Å²) in [6.07, 6.45) is -5.33. The first-order valence-corrected chi connectivity index (χ1v) is 5.96. The Balaban J connectivity index is 2.86. The lowest BCUT2D eigenvalue weighted by Crippen LogP contribution is -2.23. The van der Waals surface area contributed by atoms with Gasteiger partial charge < -0.3 is 5.32 Å². The van der Waals surface area contributed by atoms with Crippen molar-refractivity contribution < 1.29 is 17.6 Å². The van der Waals surface area contributed by atoms with Crippen molar-refractivity contribution in [3.63, 3.8) is 0 Å². The highest BCUT2D eigenvalue weighted by atomic mass is 35.5. The van der Waals surface area contributed by atoms with Crippen LogP contribution in [0.4, 0.5) is 17.6 Å². The topological polar surface area (TPSA) is 12.0 Å². The molecule has 0 spiro atoms. The highest BCUT2D eigenvalue weighted by Gasteiger charge is 2.29. The van der Waals surface area contributed by atoms with Crippen LogP contribution in [-0.2, 0) is 0 Å². The van der Waals surface area contributed by atoms with Crippen LogP contribution in [0.2, 0.25) is 5.02 Å². The Labute approximate surface area is 108 Å². The number of nitrogens with one attached hydrogen (secondary N) is 1. The molecule has 0 aliphatic rings. The average molecular weight is 284 g/mol. The molecule has 0 aliphatic carbocycles. The van der Waals surface area contributed by atoms with E-state index in [9.17, 15) is 17.6 Å². The van der Waals surface area contributed by atoms with Gasteiger partial charge in [0, 0.05) is 17.5 Å². The van der Waals surface area contributed by atoms with Crippen molar-refractivity contribution in [2.24, 2.45) is 0 Å². The second kappa shape index (κ2) is 6.38. The molecule has 1 nitrogen and oxygen atoms in total. The van der Waals surface area contributed by atoms with E-state index in [1.165, 1.54) is 18.2 Å². The predicted molar refractivity (Wildman–Crippen MR) is 63.1 cm³/mol. The summed E-state index contributed by atoms with van der Waals surface area (Å²) in [6.45, 7) is 2.25. The van der Waals surface area contributed by atoms with E-state index in [1.54, 1.807) is 6.92 Å². The molecule has 1 aromatic rings. The van der Waals surface area contributed by atoms with Gasteiger partial charge in [0.15, 0.2) is 0 Å². The van der Waals surface area contributed by atoms with Crippen LogP contribution >= 0.6 is 11.6 Å². The first kappa shape index (κ1) is 15.2. The molecule has 1 rings (SSSR count). The number of hydrogen-bond acceptors (Lipinski definition) is 1. The maximum Gasteiger partial charge on any atom is 0.389 e. The molecule has 0 fully saturated rings. The van der Waals surface area contributed by atoms with E-state index in [2.05, 4.69) is 5.32 Å². The van der Waals surface area contributed by atoms with Crippen LogP contribution < -0.4 is 5.32 Å². The van der Waals surface area contributed by atoms with Gasteiger partial charge in [-0.1, -0.05) is 18.5 Å². The first-order chi connectivity index (χ1) is 8.33. The van der Waals surface area contributed by atoms with Gasteiger partial charge >= 0.3 is 6.18 Å². The minimum atomic E-state index is -4.23. The molecule has 0 bridgehead atoms. The van der Waals surface area contributed by atoms with Gasteiger partial charge in [-0.25, -0.2) is 4.39 Å². The normalized spacial score (nSPS) is 13.7. The Kier molecular flexibility index (Phi) is 5.41. The molecule has 0 aliphatic heterocycles. The van der Waals surface area contributed by atoms with Crippen molar-refractivity contribution in [3.05, 3.63) is 34.6 Å². The highest BCUT2D eigenvalue weighted by molar-refractivity contribution is 6.31. The van der Waals surface area contributed by atoms with Crippen LogP contribution in [0.1, 0.15) is 31.4 Å². The minimum Gasteiger partial charge on any atom is -0.310 e. The van der Waals surface area contributed by atoms with Crippen molar-refractivity contribution in [2.45, 2.75) is 32.0 Å². The molecule has 102 valence electrons. The molecule has 0 aromatic heterocycles. The third-order valence-electron chi connectivity index (χ3n) is 2.50. The van der Waals surface area contributed by atoms with Gasteiger partial charge in [-0.05, 0) is 36.7 Å². The SMILES string of the molecule is CCNC(CCC(F)(F)F)c1cc(F)ccc1Cl. The molecule has 0 saturated carbocycles. The van der Waals surface area contributed by atoms with Gasteiger partial charge in [-0.2, -0.15) is 13.2 Å². The molecule has 0 heterocycles. The lowest BCUT2D eigenvalue weighted by molar-refractivity contribution is -0.136. The van der Waals surface area contributed by atoms with Gasteiger partial charge in [0.25, 0.3) is 0 Å². The van der Waals surface area contributed by atoms with E-state index in [0.29, 0.717) is 12.1 Å². The third-order valence-corrected chi connectivity index (χ3v) is 2.84. The van der Waals surface area contributed by atoms with E-state index in [-0.39, 0.29) is 11.4 Å². The number of halogens is 5. The summed E-state index contributed by atoms with van der Waals surface area (Å²) in [4.78, 5) is 0. The zero-order valence-corrected chi connectivity index (χ0v) is 10.6. The molecular weight excluding hydrogens is 270 g/mol. The van der Waals surface area contributed by atoms with Gasteiger partial charge in [-0.15, -0.1) is 0 Å². The molecule has 18 heavy (non-hydrogen) atoms. The molecule has 1 aromatic carbocycles. The van der Waals surface area contributed by atoms with Crippen LogP contribution in [-0.4, -0.2) is 12.7 Å². The van der Waals surface area contributed by atoms with E-state index in [4.69, 9.17) is 11.6 Å². The van der Waals surface area contributed by atoms with E-state index in [1.807, 2.05) is 0 Å². The maximum atomic E-state index is 13.1. The van der Waals surface area contributed by atoms with Gasteiger partial charge in [0.1, 0.15) is 5.82 Å². The second-order valence-corrected chi connectivity index (χ2v) is 4.34. The Bertz CT molecular complexity index is 392. The number of rotatable bonds is 5. The lowest BCUT2D eigenvalue weighted by Gasteiger charge is -2.20. The standard InChI is InChI=1S/C12H14ClF4N/c1-2-18-11(5-6-12(15,16)17)9-7-8(14)3-4-10(9)13/h3-4,7,11,18H,2,5-6H2,1H3. The molecule has 6 heteroatoms. The second-order valence-electron chi connectivity index (χ2n) is 3.93. The quantitative estimate of drug-likeness (QED) is 0.786. The third kappa shape index (κ3) is 4.82. The van der Waals surface area contributed by atoms with Crippen molar-refractivity contribution in [1.29, 1.82) is 0 Å². The van der Waals surface area contributed by atoms with Crippen LogP contribution in [0.15, 0.2) is 18.2 Å². The smallest absolute Gasteiger partial charge is 0.310 e. The Morgan fingerprint density at radius 1 is 1.33 bits per heavy atom. The van der Waals surface area contributed by atoms with Crippen LogP contribution in [0.25, 0.3) is 0 Å². The first-order valence-electron chi connectivity index (χ1n) is 5.58. The van der Waals surface area contributed by atoms with E-state index >= 15 is 0 Å². The van der Waals surface area contributed by atoms with Gasteiger partial charge in [0.05, 0.1) is 0 Å². The molecule has 1 atom stereocenters. The Morgan fingerprint density at radius 3 is 2.56 bits per heavy atom. The summed E-state index contributed by atoms with van der Waals surface area (Å²) < 4.78 is 49.8. The lowest BCUT2D eigenvalue weighted by atomic mass is 10.0. The van der Waals surface area contributed by atoms with Crippen LogP contribution in [0, 0.1) is 5.82 Å². The number of hydrogen-bond donors (Lipinski definition) is 1. The van der Waals surface area contributed by atoms with Crippen molar-refractivity contribution >= 4 is 11.6 Å². The summed E-state index contributed by atoms with van der Waals surface area (Å²) in [6, 6.07) is 3.11. The number of alkyl halides is 3. The molecule has 0 amide bonds. The summed E-state index contributed by atoms with van der Waals surface area (Å²) >= 11 is 5.89. The van der Waals surface area contributed by atoms with E-state index in [0.717, 1.165) is 0 Å². The van der Waals surface area contributed by atoms with Crippen molar-refractivity contribution in [3.8, 4) is 0 Å². The summed E-state index contributed by atoms with van der Waals surface area (Å²) in [5.74, 6) is -0.510. The van der Waals surface area contributed by atoms with Crippen LogP contribution in [0.5, 0.6) is 0 Å². The fourth-order valence-electron chi connectivity index (χ4n) is 1.70. The largest absolute Gasteiger partial charge is 0.389 e. The molecule has 1 N–H and O–H groups in total. The number of benzene rings is 1. The summed E-state index contributed by atoms with van der Waals surface area (Å²) in [5, 5.41) is 3.16. The summed E-state index contributed by atoms with van der Waals surface area (Å²) in [7, 11) is 0. The fraction of sp³-hybridized carbons (Fsp3) is 0.500. The summed E-state index contributed by atoms with van der Waals surface area (Å²) in [5.41, 5.74) is 0.364. The van der Waals surface area contributed by atoms with Crippen LogP contribution in [0.3, 0.4) is 0 Å². The average Bonchev–Trinajstić information content (AvgIpc) is 2.26. The predicted octanol–water partition coefficient (Wildman–Crippen LogP) is 4.47. The highest BCUT2D eigenvalue weighted by Crippen LogP contribution is 2.31. The van der Waals surface area contributed by atoms with Gasteiger partial charge in [0.2, 0.25) is 0 Å². The monoisotopic (exact) mass is 283 g/mol. The molecule has 0 saturated heterocycles. The fourth-order valence-corrected chi connectivity index (χ4v) is 1.95. The van der Waals surface area contributed by atoms with E-state index < -0.39 is 24.5 Å². The molecular formula is C12H14ClF4N. The van der Waals surface area contributed by atoms with Crippen molar-refractivity contribution in [2.75, 3.05) is 6.54 Å². The maximum absolute atomic E-state index is 13.1. The molecule has 1 unspecified atom stereocenters. The Hall–Kier alpha value is -0.810. The Morgan fingerprint density at radius 2 is 2.00 bits per heavy atom. The zero-order valence-electron chi connectivity index (χ0n) is 9.82. The zero-order chi connectivity index (χ0) is 13.8. The van der Waals surface area contributed by atoms with Gasteiger partial charge in [-0.3, -0.25) is 0 Å². The van der Waals surface area contributed by atoms with Crippen molar-refractivity contribution in [1.82, 2.24) is 5.32 Å². The minimum absolute atomic E-state index is 0.166.